The third-order valence-electron chi connectivity index (χ3n) is 5.24. The third kappa shape index (κ3) is 6.75. The highest BCUT2D eigenvalue weighted by atomic mass is 19.4. The minimum absolute atomic E-state index is 0.0458. The molecule has 0 aliphatic carbocycles. The number of esters is 1. The summed E-state index contributed by atoms with van der Waals surface area (Å²) in [5.41, 5.74) is 2.43. The summed E-state index contributed by atoms with van der Waals surface area (Å²) < 4.78 is 59.8. The fourth-order valence-electron chi connectivity index (χ4n) is 3.90. The monoisotopic (exact) mass is 513 g/mol. The van der Waals surface area contributed by atoms with E-state index in [4.69, 9.17) is 14.2 Å². The van der Waals surface area contributed by atoms with Crippen molar-refractivity contribution >= 4 is 16.9 Å². The smallest absolute Gasteiger partial charge is 0.491 e. The summed E-state index contributed by atoms with van der Waals surface area (Å²) in [5.74, 6) is 0.896. The average molecular weight is 514 g/mol. The van der Waals surface area contributed by atoms with Crippen LogP contribution in [0.5, 0.6) is 23.0 Å². The first-order chi connectivity index (χ1) is 17.6. The van der Waals surface area contributed by atoms with E-state index < -0.39 is 6.36 Å². The lowest BCUT2D eigenvalue weighted by atomic mass is 10.2. The van der Waals surface area contributed by atoms with Gasteiger partial charge < -0.3 is 23.5 Å². The van der Waals surface area contributed by atoms with Gasteiger partial charge >= 0.3 is 12.3 Å². The summed E-state index contributed by atoms with van der Waals surface area (Å²) in [6, 6.07) is 20.0. The molecule has 1 heterocycles. The van der Waals surface area contributed by atoms with E-state index in [2.05, 4.69) is 4.74 Å². The van der Waals surface area contributed by atoms with Crippen molar-refractivity contribution in [2.45, 2.75) is 39.7 Å². The van der Waals surface area contributed by atoms with Crippen molar-refractivity contribution in [3.05, 3.63) is 78.5 Å². The molecular weight excluding hydrogens is 487 g/mol. The maximum absolute atomic E-state index is 12.4. The lowest BCUT2D eigenvalue weighted by Crippen LogP contribution is -2.16. The van der Waals surface area contributed by atoms with Gasteiger partial charge in [-0.3, -0.25) is 4.79 Å². The molecule has 0 atom stereocenters. The number of benzene rings is 3. The predicted octanol–water partition coefficient (Wildman–Crippen LogP) is 7.21. The SMILES string of the molecule is CCOC(=O)Cc1cc2cc(Oc3ccc(OC(F)(F)F)cc3)ccc2n1-c1ccc(OC(C)C)cc1. The van der Waals surface area contributed by atoms with Gasteiger partial charge in [-0.1, -0.05) is 0 Å². The Labute approximate surface area is 212 Å². The van der Waals surface area contributed by atoms with Crippen LogP contribution in [0.3, 0.4) is 0 Å². The Balaban J connectivity index is 1.64. The van der Waals surface area contributed by atoms with Crippen molar-refractivity contribution < 1.29 is 36.9 Å². The minimum Gasteiger partial charge on any atom is -0.491 e. The van der Waals surface area contributed by atoms with E-state index in [1.807, 2.05) is 54.8 Å². The predicted molar refractivity (Wildman–Crippen MR) is 133 cm³/mol. The molecule has 0 N–H and O–H groups in total. The van der Waals surface area contributed by atoms with Crippen LogP contribution in [0.4, 0.5) is 13.2 Å². The standard InChI is InChI=1S/C28H26F3NO5/c1-4-34-27(33)17-21-15-19-16-25(36-23-9-11-24(12-10-23)37-28(29,30)31)13-14-26(19)32(21)20-5-7-22(8-6-20)35-18(2)3/h5-16,18H,4,17H2,1-3H3. The van der Waals surface area contributed by atoms with E-state index in [0.29, 0.717) is 11.5 Å². The van der Waals surface area contributed by atoms with E-state index in [-0.39, 0.29) is 30.9 Å². The molecule has 0 unspecified atom stereocenters. The quantitative estimate of drug-likeness (QED) is 0.221. The van der Waals surface area contributed by atoms with Crippen molar-refractivity contribution in [1.29, 1.82) is 0 Å². The zero-order valence-corrected chi connectivity index (χ0v) is 20.5. The Kier molecular flexibility index (Phi) is 7.61. The van der Waals surface area contributed by atoms with Gasteiger partial charge in [-0.25, -0.2) is 0 Å². The highest BCUT2D eigenvalue weighted by Gasteiger charge is 2.31. The molecule has 0 saturated heterocycles. The van der Waals surface area contributed by atoms with Crippen molar-refractivity contribution in [2.24, 2.45) is 0 Å². The number of hydrogen-bond donors (Lipinski definition) is 0. The zero-order chi connectivity index (χ0) is 26.6. The second kappa shape index (κ2) is 10.9. The molecule has 0 spiro atoms. The van der Waals surface area contributed by atoms with Crippen LogP contribution in [0.2, 0.25) is 0 Å². The van der Waals surface area contributed by atoms with Gasteiger partial charge in [0.1, 0.15) is 23.0 Å². The molecule has 1 aromatic heterocycles. The zero-order valence-electron chi connectivity index (χ0n) is 20.5. The molecule has 0 saturated carbocycles. The maximum atomic E-state index is 12.4. The van der Waals surface area contributed by atoms with E-state index >= 15 is 0 Å². The average Bonchev–Trinajstić information content (AvgIpc) is 3.16. The van der Waals surface area contributed by atoms with Gasteiger partial charge in [-0.15, -0.1) is 13.2 Å². The molecule has 4 rings (SSSR count). The van der Waals surface area contributed by atoms with E-state index in [9.17, 15) is 18.0 Å². The maximum Gasteiger partial charge on any atom is 0.573 e. The molecule has 37 heavy (non-hydrogen) atoms. The Hall–Kier alpha value is -4.14. The summed E-state index contributed by atoms with van der Waals surface area (Å²) in [7, 11) is 0. The molecule has 194 valence electrons. The van der Waals surface area contributed by atoms with Crippen molar-refractivity contribution in [1.82, 2.24) is 4.57 Å². The summed E-state index contributed by atoms with van der Waals surface area (Å²) >= 11 is 0. The van der Waals surface area contributed by atoms with Gasteiger partial charge in [-0.05, 0) is 93.6 Å². The van der Waals surface area contributed by atoms with Gasteiger partial charge in [-0.2, -0.15) is 0 Å². The van der Waals surface area contributed by atoms with Crippen LogP contribution in [0.15, 0.2) is 72.8 Å². The van der Waals surface area contributed by atoms with Crippen LogP contribution in [-0.2, 0) is 16.0 Å². The Bertz CT molecular complexity index is 1360. The summed E-state index contributed by atoms with van der Waals surface area (Å²) in [4.78, 5) is 12.3. The molecule has 4 aromatic rings. The summed E-state index contributed by atoms with van der Waals surface area (Å²) in [6.45, 7) is 5.95. The van der Waals surface area contributed by atoms with E-state index in [1.165, 1.54) is 24.3 Å². The molecule has 0 radical (unpaired) electrons. The third-order valence-corrected chi connectivity index (χ3v) is 5.24. The van der Waals surface area contributed by atoms with Crippen LogP contribution in [0.1, 0.15) is 26.5 Å². The fraction of sp³-hybridized carbons (Fsp3) is 0.250. The highest BCUT2D eigenvalue weighted by Crippen LogP contribution is 2.32. The van der Waals surface area contributed by atoms with Crippen LogP contribution >= 0.6 is 0 Å². The number of rotatable bonds is 9. The number of nitrogens with zero attached hydrogens (tertiary/aromatic N) is 1. The van der Waals surface area contributed by atoms with Crippen LogP contribution in [0, 0.1) is 0 Å². The molecule has 3 aromatic carbocycles. The van der Waals surface area contributed by atoms with Gasteiger partial charge in [0.2, 0.25) is 0 Å². The van der Waals surface area contributed by atoms with Gasteiger partial charge in [0.25, 0.3) is 0 Å². The van der Waals surface area contributed by atoms with Crippen molar-refractivity contribution in [3.63, 3.8) is 0 Å². The molecule has 9 heteroatoms. The molecule has 6 nitrogen and oxygen atoms in total. The van der Waals surface area contributed by atoms with Crippen molar-refractivity contribution in [2.75, 3.05) is 6.61 Å². The topological polar surface area (TPSA) is 58.9 Å². The fourth-order valence-corrected chi connectivity index (χ4v) is 3.90. The van der Waals surface area contributed by atoms with Gasteiger partial charge in [0, 0.05) is 16.8 Å². The second-order valence-electron chi connectivity index (χ2n) is 8.46. The number of fused-ring (bicyclic) bond motifs is 1. The summed E-state index contributed by atoms with van der Waals surface area (Å²) in [6.07, 6.45) is -4.64. The first-order valence-corrected chi connectivity index (χ1v) is 11.7. The van der Waals surface area contributed by atoms with Gasteiger partial charge in [0.15, 0.2) is 0 Å². The Morgan fingerprint density at radius 1 is 0.865 bits per heavy atom. The van der Waals surface area contributed by atoms with E-state index in [1.54, 1.807) is 19.1 Å². The van der Waals surface area contributed by atoms with E-state index in [0.717, 1.165) is 28.0 Å². The lowest BCUT2D eigenvalue weighted by molar-refractivity contribution is -0.274. The first-order valence-electron chi connectivity index (χ1n) is 11.7. The number of carbonyl (C=O) groups is 1. The molecule has 0 amide bonds. The number of aromatic nitrogens is 1. The van der Waals surface area contributed by atoms with Gasteiger partial charge in [0.05, 0.1) is 24.6 Å². The molecular formula is C28H26F3NO5. The number of hydrogen-bond acceptors (Lipinski definition) is 5. The summed E-state index contributed by atoms with van der Waals surface area (Å²) in [5, 5.41) is 0.816. The first kappa shape index (κ1) is 25.9. The van der Waals surface area contributed by atoms with Crippen LogP contribution in [-0.4, -0.2) is 29.6 Å². The highest BCUT2D eigenvalue weighted by molar-refractivity contribution is 5.86. The van der Waals surface area contributed by atoms with Crippen LogP contribution < -0.4 is 14.2 Å². The molecule has 0 fully saturated rings. The number of alkyl halides is 3. The molecule has 0 aliphatic rings. The normalized spacial score (nSPS) is 11.5. The van der Waals surface area contributed by atoms with Crippen molar-refractivity contribution in [3.8, 4) is 28.7 Å². The Morgan fingerprint density at radius 2 is 1.49 bits per heavy atom. The number of halogens is 3. The minimum atomic E-state index is -4.76. The molecule has 0 bridgehead atoms. The Morgan fingerprint density at radius 3 is 2.11 bits per heavy atom. The van der Waals surface area contributed by atoms with Crippen LogP contribution in [0.25, 0.3) is 16.6 Å². The molecule has 0 aliphatic heterocycles. The number of carbonyl (C=O) groups excluding carboxylic acids is 1. The second-order valence-corrected chi connectivity index (χ2v) is 8.46. The lowest BCUT2D eigenvalue weighted by Gasteiger charge is -2.14. The number of ether oxygens (including phenoxy) is 4. The largest absolute Gasteiger partial charge is 0.573 e.